The number of nitrogens with zero attached hydrogens (tertiary/aromatic N) is 1. The van der Waals surface area contributed by atoms with Crippen LogP contribution in [0.2, 0.25) is 0 Å². The van der Waals surface area contributed by atoms with Gasteiger partial charge < -0.3 is 9.84 Å². The van der Waals surface area contributed by atoms with Crippen LogP contribution in [0.15, 0.2) is 36.1 Å². The Kier molecular flexibility index (Phi) is 5.62. The molecule has 0 aliphatic heterocycles. The zero-order chi connectivity index (χ0) is 14.3. The van der Waals surface area contributed by atoms with Gasteiger partial charge in [-0.1, -0.05) is 43.7 Å². The number of allylic oxidation sites excluding steroid dienone is 1. The summed E-state index contributed by atoms with van der Waals surface area (Å²) in [4.78, 5) is 11.7. The van der Waals surface area contributed by atoms with E-state index >= 15 is 0 Å². The monoisotopic (exact) mass is 259 g/mol. The molecule has 1 N–H and O–H groups in total. The largest absolute Gasteiger partial charge is 0.501 e. The lowest BCUT2D eigenvalue weighted by Crippen LogP contribution is -2.17. The van der Waals surface area contributed by atoms with Crippen LogP contribution in [0.1, 0.15) is 32.3 Å². The molecule has 4 nitrogen and oxygen atoms in total. The molecule has 100 valence electrons. The predicted molar refractivity (Wildman–Crippen MR) is 72.1 cm³/mol. The fourth-order valence-electron chi connectivity index (χ4n) is 1.67. The maximum atomic E-state index is 11.7. The van der Waals surface area contributed by atoms with Crippen LogP contribution < -0.4 is 0 Å². The molecule has 0 fully saturated rings. The third-order valence-corrected chi connectivity index (χ3v) is 2.61. The average molecular weight is 259 g/mol. The summed E-state index contributed by atoms with van der Waals surface area (Å²) >= 11 is 0. The summed E-state index contributed by atoms with van der Waals surface area (Å²) in [5.41, 5.74) is 0.414. The van der Waals surface area contributed by atoms with E-state index in [0.29, 0.717) is 12.0 Å². The molecule has 0 bridgehead atoms. The fraction of sp³-hybridized carbons (Fsp3) is 0.333. The predicted octanol–water partition coefficient (Wildman–Crippen LogP) is 3.21. The van der Waals surface area contributed by atoms with Crippen molar-refractivity contribution in [1.82, 2.24) is 0 Å². The van der Waals surface area contributed by atoms with Crippen LogP contribution in [0.5, 0.6) is 0 Å². The quantitative estimate of drug-likeness (QED) is 0.381. The normalized spacial score (nSPS) is 13.1. The maximum absolute atomic E-state index is 11.7. The van der Waals surface area contributed by atoms with Gasteiger partial charge in [-0.3, -0.25) is 0 Å². The molecule has 1 aromatic carbocycles. The summed E-state index contributed by atoms with van der Waals surface area (Å²) in [7, 11) is 0. The first-order valence-corrected chi connectivity index (χ1v) is 6.19. The van der Waals surface area contributed by atoms with Crippen molar-refractivity contribution in [1.29, 1.82) is 5.26 Å². The van der Waals surface area contributed by atoms with Crippen LogP contribution in [0.25, 0.3) is 5.57 Å². The van der Waals surface area contributed by atoms with Gasteiger partial charge in [-0.2, -0.15) is 5.26 Å². The Morgan fingerprint density at radius 3 is 2.58 bits per heavy atom. The fourth-order valence-corrected chi connectivity index (χ4v) is 1.67. The van der Waals surface area contributed by atoms with Gasteiger partial charge in [0.15, 0.2) is 0 Å². The first kappa shape index (κ1) is 14.8. The van der Waals surface area contributed by atoms with Crippen LogP contribution in [0.3, 0.4) is 0 Å². The molecule has 1 rings (SSSR count). The minimum absolute atomic E-state index is 0.0747. The van der Waals surface area contributed by atoms with Crippen molar-refractivity contribution in [2.75, 3.05) is 0 Å². The van der Waals surface area contributed by atoms with Gasteiger partial charge >= 0.3 is 5.97 Å². The smallest absolute Gasteiger partial charge is 0.375 e. The Hall–Kier alpha value is -2.28. The van der Waals surface area contributed by atoms with E-state index in [2.05, 4.69) is 0 Å². The number of esters is 1. The van der Waals surface area contributed by atoms with Crippen LogP contribution in [0.4, 0.5) is 0 Å². The van der Waals surface area contributed by atoms with E-state index in [1.54, 1.807) is 37.3 Å². The Morgan fingerprint density at radius 2 is 2.05 bits per heavy atom. The minimum atomic E-state index is -0.860. The van der Waals surface area contributed by atoms with E-state index in [1.165, 1.54) is 0 Å². The van der Waals surface area contributed by atoms with E-state index in [9.17, 15) is 9.90 Å². The lowest BCUT2D eigenvalue weighted by atomic mass is 10.1. The zero-order valence-electron chi connectivity index (χ0n) is 11.1. The third-order valence-electron chi connectivity index (χ3n) is 2.61. The van der Waals surface area contributed by atoms with E-state index in [4.69, 9.17) is 10.00 Å². The van der Waals surface area contributed by atoms with E-state index in [-0.39, 0.29) is 11.7 Å². The van der Waals surface area contributed by atoms with Crippen LogP contribution in [-0.4, -0.2) is 17.2 Å². The molecular formula is C15H17NO3. The van der Waals surface area contributed by atoms with Gasteiger partial charge in [0.25, 0.3) is 0 Å². The summed E-state index contributed by atoms with van der Waals surface area (Å²) in [5.74, 6) is -1.50. The zero-order valence-corrected chi connectivity index (χ0v) is 11.1. The van der Waals surface area contributed by atoms with Crippen molar-refractivity contribution in [3.05, 3.63) is 41.7 Å². The van der Waals surface area contributed by atoms with Crippen molar-refractivity contribution in [3.63, 3.8) is 0 Å². The molecule has 0 spiro atoms. The number of nitriles is 1. The van der Waals surface area contributed by atoms with Crippen LogP contribution >= 0.6 is 0 Å². The highest BCUT2D eigenvalue weighted by atomic mass is 16.6. The highest BCUT2D eigenvalue weighted by Gasteiger charge is 2.19. The van der Waals surface area contributed by atoms with Crippen molar-refractivity contribution in [2.24, 2.45) is 0 Å². The molecular weight excluding hydrogens is 242 g/mol. The van der Waals surface area contributed by atoms with Crippen LogP contribution in [-0.2, 0) is 9.53 Å². The number of benzene rings is 1. The number of carbonyl (C=O) groups excluding carboxylic acids is 1. The number of rotatable bonds is 5. The summed E-state index contributed by atoms with van der Waals surface area (Å²) in [6, 6.07) is 10.4. The second kappa shape index (κ2) is 7.22. The van der Waals surface area contributed by atoms with E-state index in [1.807, 2.05) is 13.0 Å². The highest BCUT2D eigenvalue weighted by molar-refractivity contribution is 5.98. The van der Waals surface area contributed by atoms with Gasteiger partial charge in [0.1, 0.15) is 11.6 Å². The Labute approximate surface area is 112 Å². The molecule has 0 aliphatic carbocycles. The molecule has 0 radical (unpaired) electrons. The SMILES string of the molecule is CCC[C@@H](C)OC(=O)/C(O)=C(\C#N)c1ccccc1. The number of aliphatic hydroxyl groups is 1. The molecule has 0 aliphatic rings. The van der Waals surface area contributed by atoms with Gasteiger partial charge in [-0.25, -0.2) is 4.79 Å². The lowest BCUT2D eigenvalue weighted by molar-refractivity contribution is -0.146. The molecule has 1 aromatic rings. The standard InChI is InChI=1S/C15H17NO3/c1-3-7-11(2)19-15(18)14(17)13(10-16)12-8-5-4-6-9-12/h4-6,8-9,11,17H,3,7H2,1-2H3/b14-13-/t11-/m1/s1. The molecule has 0 unspecified atom stereocenters. The van der Waals surface area contributed by atoms with E-state index in [0.717, 1.165) is 6.42 Å². The molecule has 0 saturated carbocycles. The second-order valence-corrected chi connectivity index (χ2v) is 4.21. The van der Waals surface area contributed by atoms with Crippen LogP contribution in [0, 0.1) is 11.3 Å². The average Bonchev–Trinajstić information content (AvgIpc) is 2.40. The number of ether oxygens (including phenoxy) is 1. The van der Waals surface area contributed by atoms with Gasteiger partial charge in [0, 0.05) is 0 Å². The highest BCUT2D eigenvalue weighted by Crippen LogP contribution is 2.18. The Bertz CT molecular complexity index is 500. The summed E-state index contributed by atoms with van der Waals surface area (Å²) in [6.07, 6.45) is 1.31. The van der Waals surface area contributed by atoms with Crippen molar-refractivity contribution < 1.29 is 14.6 Å². The van der Waals surface area contributed by atoms with Gasteiger partial charge in [0.2, 0.25) is 5.76 Å². The van der Waals surface area contributed by atoms with Crippen molar-refractivity contribution >= 4 is 11.5 Å². The van der Waals surface area contributed by atoms with Crippen molar-refractivity contribution in [3.8, 4) is 6.07 Å². The lowest BCUT2D eigenvalue weighted by Gasteiger charge is -2.12. The first-order chi connectivity index (χ1) is 9.10. The maximum Gasteiger partial charge on any atom is 0.375 e. The number of carbonyl (C=O) groups is 1. The summed E-state index contributed by atoms with van der Waals surface area (Å²) in [5, 5.41) is 18.9. The molecule has 4 heteroatoms. The van der Waals surface area contributed by atoms with E-state index < -0.39 is 11.7 Å². The summed E-state index contributed by atoms with van der Waals surface area (Å²) < 4.78 is 5.06. The molecule has 19 heavy (non-hydrogen) atoms. The topological polar surface area (TPSA) is 70.3 Å². The molecule has 0 saturated heterocycles. The summed E-state index contributed by atoms with van der Waals surface area (Å²) in [6.45, 7) is 3.73. The third kappa shape index (κ3) is 4.14. The molecule has 1 atom stereocenters. The van der Waals surface area contributed by atoms with Crippen molar-refractivity contribution in [2.45, 2.75) is 32.8 Å². The van der Waals surface area contributed by atoms with Gasteiger partial charge in [0.05, 0.1) is 6.10 Å². The van der Waals surface area contributed by atoms with Gasteiger partial charge in [-0.15, -0.1) is 0 Å². The molecule has 0 amide bonds. The second-order valence-electron chi connectivity index (χ2n) is 4.21. The number of hydrogen-bond donors (Lipinski definition) is 1. The number of hydrogen-bond acceptors (Lipinski definition) is 4. The molecule has 0 aromatic heterocycles. The minimum Gasteiger partial charge on any atom is -0.501 e. The Morgan fingerprint density at radius 1 is 1.42 bits per heavy atom. The van der Waals surface area contributed by atoms with Gasteiger partial charge in [-0.05, 0) is 18.9 Å². The Balaban J connectivity index is 2.94. The number of aliphatic hydroxyl groups excluding tert-OH is 1. The first-order valence-electron chi connectivity index (χ1n) is 6.19. The molecule has 0 heterocycles.